The van der Waals surface area contributed by atoms with E-state index in [2.05, 4.69) is 24.8 Å². The lowest BCUT2D eigenvalue weighted by atomic mass is 9.93. The Kier molecular flexibility index (Phi) is 8.18. The van der Waals surface area contributed by atoms with Gasteiger partial charge in [0.15, 0.2) is 16.3 Å². The number of esters is 1. The van der Waals surface area contributed by atoms with E-state index in [-0.39, 0.29) is 18.8 Å². The molecule has 0 spiro atoms. The number of thiazole rings is 1. The summed E-state index contributed by atoms with van der Waals surface area (Å²) in [4.78, 5) is 32.0. The molecule has 3 aromatic rings. The molecule has 1 atom stereocenters. The Morgan fingerprint density at radius 2 is 1.95 bits per heavy atom. The van der Waals surface area contributed by atoms with Gasteiger partial charge >= 0.3 is 5.97 Å². The summed E-state index contributed by atoms with van der Waals surface area (Å²) in [6.07, 6.45) is 7.07. The van der Waals surface area contributed by atoms with E-state index in [4.69, 9.17) is 20.6 Å². The number of methoxy groups -OCH3 is 1. The van der Waals surface area contributed by atoms with E-state index in [9.17, 15) is 9.59 Å². The van der Waals surface area contributed by atoms with Crippen molar-refractivity contribution in [3.05, 3.63) is 90.1 Å². The first kappa shape index (κ1) is 27.0. The van der Waals surface area contributed by atoms with E-state index in [0.29, 0.717) is 38.0 Å². The summed E-state index contributed by atoms with van der Waals surface area (Å²) in [7, 11) is 1.54. The van der Waals surface area contributed by atoms with Crippen molar-refractivity contribution < 1.29 is 19.0 Å². The van der Waals surface area contributed by atoms with Crippen LogP contribution < -0.4 is 24.4 Å². The van der Waals surface area contributed by atoms with Crippen LogP contribution >= 0.6 is 11.3 Å². The molecule has 0 fully saturated rings. The second-order valence-electron chi connectivity index (χ2n) is 9.03. The number of nitrogens with zero attached hydrogens (tertiary/aromatic N) is 2. The van der Waals surface area contributed by atoms with Gasteiger partial charge in [-0.2, -0.15) is 0 Å². The minimum Gasteiger partial charge on any atom is -0.493 e. The van der Waals surface area contributed by atoms with Crippen LogP contribution in [0.1, 0.15) is 56.3 Å². The van der Waals surface area contributed by atoms with Gasteiger partial charge in [0.25, 0.3) is 5.56 Å². The molecule has 0 saturated carbocycles. The van der Waals surface area contributed by atoms with Crippen LogP contribution in [0.3, 0.4) is 0 Å². The number of rotatable bonds is 8. The molecule has 0 N–H and O–H groups in total. The van der Waals surface area contributed by atoms with Crippen LogP contribution in [-0.2, 0) is 9.53 Å². The van der Waals surface area contributed by atoms with Gasteiger partial charge in [0.1, 0.15) is 6.61 Å². The Bertz CT molecular complexity index is 1600. The quantitative estimate of drug-likeness (QED) is 0.326. The summed E-state index contributed by atoms with van der Waals surface area (Å²) in [6, 6.07) is 12.7. The molecule has 2 aromatic carbocycles. The number of benzene rings is 2. The lowest BCUT2D eigenvalue weighted by Gasteiger charge is -2.25. The maximum Gasteiger partial charge on any atom is 0.338 e. The third-order valence-corrected chi connectivity index (χ3v) is 7.22. The summed E-state index contributed by atoms with van der Waals surface area (Å²) < 4.78 is 18.4. The van der Waals surface area contributed by atoms with Gasteiger partial charge in [0.05, 0.1) is 35.6 Å². The van der Waals surface area contributed by atoms with Gasteiger partial charge < -0.3 is 14.2 Å². The lowest BCUT2D eigenvalue weighted by Crippen LogP contribution is -2.39. The SMILES string of the molecule is C#CCOc1ccc(C=c2sc3n(c2=O)[C@H](c2ccc(C(C)C)cc2)C(C(=O)OCC)=C(C)N=3)cc1OC. The maximum absolute atomic E-state index is 13.8. The second kappa shape index (κ2) is 11.5. The monoisotopic (exact) mass is 530 g/mol. The lowest BCUT2D eigenvalue weighted by molar-refractivity contribution is -0.139. The number of aromatic nitrogens is 1. The molecule has 38 heavy (non-hydrogen) atoms. The first-order valence-corrected chi connectivity index (χ1v) is 13.1. The highest BCUT2D eigenvalue weighted by atomic mass is 32.1. The van der Waals surface area contributed by atoms with Crippen molar-refractivity contribution in [2.24, 2.45) is 4.99 Å². The Balaban J connectivity index is 1.87. The van der Waals surface area contributed by atoms with Gasteiger partial charge in [-0.1, -0.05) is 61.4 Å². The van der Waals surface area contributed by atoms with Crippen molar-refractivity contribution in [3.63, 3.8) is 0 Å². The average molecular weight is 531 g/mol. The molecule has 196 valence electrons. The van der Waals surface area contributed by atoms with Crippen LogP contribution in [0.2, 0.25) is 0 Å². The maximum atomic E-state index is 13.8. The van der Waals surface area contributed by atoms with Crippen LogP contribution in [-0.4, -0.2) is 30.9 Å². The fourth-order valence-corrected chi connectivity index (χ4v) is 5.38. The number of terminal acetylenes is 1. The van der Waals surface area contributed by atoms with Crippen molar-refractivity contribution in [2.75, 3.05) is 20.3 Å². The number of carbonyl (C=O) groups is 1. The fraction of sp³-hybridized carbons (Fsp3) is 0.300. The number of allylic oxidation sites excluding steroid dienone is 1. The van der Waals surface area contributed by atoms with Gasteiger partial charge in [0, 0.05) is 0 Å². The van der Waals surface area contributed by atoms with Crippen LogP contribution in [0.25, 0.3) is 6.08 Å². The Morgan fingerprint density at radius 1 is 1.21 bits per heavy atom. The normalized spacial score (nSPS) is 15.1. The summed E-state index contributed by atoms with van der Waals surface area (Å²) >= 11 is 1.27. The number of hydrogen-bond donors (Lipinski definition) is 0. The zero-order valence-corrected chi connectivity index (χ0v) is 22.9. The molecule has 1 aliphatic heterocycles. The molecule has 4 rings (SSSR count). The summed E-state index contributed by atoms with van der Waals surface area (Å²) in [5.41, 5.74) is 3.39. The topological polar surface area (TPSA) is 79.1 Å². The van der Waals surface area contributed by atoms with Gasteiger partial charge in [0.2, 0.25) is 0 Å². The molecule has 8 heteroatoms. The van der Waals surface area contributed by atoms with Gasteiger partial charge in [-0.05, 0) is 54.7 Å². The Hall–Kier alpha value is -4.09. The van der Waals surface area contributed by atoms with Crippen molar-refractivity contribution in [3.8, 4) is 23.8 Å². The number of fused-ring (bicyclic) bond motifs is 1. The molecular weight excluding hydrogens is 500 g/mol. The molecule has 0 unspecified atom stereocenters. The van der Waals surface area contributed by atoms with Crippen molar-refractivity contribution in [2.45, 2.75) is 39.7 Å². The van der Waals surface area contributed by atoms with Crippen LogP contribution in [0.15, 0.2) is 63.5 Å². The van der Waals surface area contributed by atoms with Crippen molar-refractivity contribution in [1.82, 2.24) is 4.57 Å². The Labute approximate surface area is 225 Å². The minimum absolute atomic E-state index is 0.120. The highest BCUT2D eigenvalue weighted by Crippen LogP contribution is 2.32. The van der Waals surface area contributed by atoms with E-state index in [1.165, 1.54) is 16.9 Å². The van der Waals surface area contributed by atoms with Gasteiger partial charge in [-0.3, -0.25) is 9.36 Å². The first-order valence-electron chi connectivity index (χ1n) is 12.3. The second-order valence-corrected chi connectivity index (χ2v) is 10.0. The largest absolute Gasteiger partial charge is 0.493 e. The zero-order valence-electron chi connectivity index (χ0n) is 22.1. The minimum atomic E-state index is -0.650. The molecule has 0 aliphatic carbocycles. The number of ether oxygens (including phenoxy) is 3. The van der Waals surface area contributed by atoms with Gasteiger partial charge in [-0.15, -0.1) is 6.42 Å². The Morgan fingerprint density at radius 3 is 2.58 bits per heavy atom. The molecule has 2 heterocycles. The molecule has 0 amide bonds. The average Bonchev–Trinajstić information content (AvgIpc) is 3.21. The highest BCUT2D eigenvalue weighted by molar-refractivity contribution is 7.07. The summed E-state index contributed by atoms with van der Waals surface area (Å²) in [5.74, 6) is 3.33. The van der Waals surface area contributed by atoms with Gasteiger partial charge in [-0.25, -0.2) is 9.79 Å². The zero-order chi connectivity index (χ0) is 27.4. The van der Waals surface area contributed by atoms with Crippen molar-refractivity contribution in [1.29, 1.82) is 0 Å². The molecule has 7 nitrogen and oxygen atoms in total. The number of carbonyl (C=O) groups excluding carboxylic acids is 1. The van der Waals surface area contributed by atoms with E-state index >= 15 is 0 Å². The van der Waals surface area contributed by atoms with Crippen LogP contribution in [0.5, 0.6) is 11.5 Å². The van der Waals surface area contributed by atoms with E-state index in [1.807, 2.05) is 30.3 Å². The van der Waals surface area contributed by atoms with Crippen LogP contribution in [0, 0.1) is 12.3 Å². The fourth-order valence-electron chi connectivity index (χ4n) is 4.33. The first-order chi connectivity index (χ1) is 18.3. The third-order valence-electron chi connectivity index (χ3n) is 6.23. The smallest absolute Gasteiger partial charge is 0.338 e. The van der Waals surface area contributed by atoms with E-state index in [1.54, 1.807) is 43.7 Å². The van der Waals surface area contributed by atoms with E-state index < -0.39 is 12.0 Å². The molecule has 0 bridgehead atoms. The highest BCUT2D eigenvalue weighted by Gasteiger charge is 2.33. The molecule has 1 aliphatic rings. The van der Waals surface area contributed by atoms with Crippen molar-refractivity contribution >= 4 is 23.4 Å². The van der Waals surface area contributed by atoms with E-state index in [0.717, 1.165) is 11.1 Å². The summed E-state index contributed by atoms with van der Waals surface area (Å²) in [5, 5.41) is 0. The predicted octanol–water partition coefficient (Wildman–Crippen LogP) is 3.94. The molecule has 0 saturated heterocycles. The molecule has 1 aromatic heterocycles. The molecular formula is C30H30N2O5S. The predicted molar refractivity (Wildman–Crippen MR) is 148 cm³/mol. The molecule has 0 radical (unpaired) electrons. The van der Waals surface area contributed by atoms with Crippen LogP contribution in [0.4, 0.5) is 0 Å². The number of hydrogen-bond acceptors (Lipinski definition) is 7. The standard InChI is InChI=1S/C30H30N2O5S/c1-7-15-37-23-14-9-20(16-24(23)35-6)17-25-28(33)32-27(22-12-10-21(11-13-22)18(3)4)26(29(34)36-8-2)19(5)31-30(32)38-25/h1,9-14,16-18,27H,8,15H2,2-6H3/t27-/m1/s1. The summed E-state index contributed by atoms with van der Waals surface area (Å²) in [6.45, 7) is 8.12. The third kappa shape index (κ3) is 5.29.